The van der Waals surface area contributed by atoms with Gasteiger partial charge in [0, 0.05) is 6.08 Å². The summed E-state index contributed by atoms with van der Waals surface area (Å²) < 4.78 is 0. The molecule has 0 radical (unpaired) electrons. The highest BCUT2D eigenvalue weighted by molar-refractivity contribution is 5.78. The standard InChI is InChI=1S/C36H72O2.C3H4O2/c1-3-5-7-9-11-13-15-17-19-20-22-24-26-28-30-32-34-35(36(37)38)33-31-29-27-25-23-21-18-16-14-12-10-8-6-4-2;1-2-3(4)5/h35H,3-34H2,1-2H3,(H,37,38);2H,1H2,(H,4,5). The van der Waals surface area contributed by atoms with Gasteiger partial charge in [0.25, 0.3) is 0 Å². The van der Waals surface area contributed by atoms with Crippen LogP contribution in [0.15, 0.2) is 12.7 Å². The first-order chi connectivity index (χ1) is 21.0. The molecule has 0 saturated heterocycles. The highest BCUT2D eigenvalue weighted by Gasteiger charge is 2.16. The Morgan fingerprint density at radius 1 is 0.442 bits per heavy atom. The van der Waals surface area contributed by atoms with E-state index in [1.54, 1.807) is 0 Å². The second-order valence-corrected chi connectivity index (χ2v) is 13.1. The Kier molecular flexibility index (Phi) is 39.4. The monoisotopic (exact) mass is 609 g/mol. The van der Waals surface area contributed by atoms with Gasteiger partial charge >= 0.3 is 11.9 Å². The second-order valence-electron chi connectivity index (χ2n) is 13.1. The Bertz CT molecular complexity index is 574. The van der Waals surface area contributed by atoms with Crippen LogP contribution < -0.4 is 0 Å². The van der Waals surface area contributed by atoms with Crippen molar-refractivity contribution in [1.29, 1.82) is 0 Å². The summed E-state index contributed by atoms with van der Waals surface area (Å²) in [5.74, 6) is -1.63. The van der Waals surface area contributed by atoms with Gasteiger partial charge in [-0.15, -0.1) is 0 Å². The molecule has 0 heterocycles. The van der Waals surface area contributed by atoms with Gasteiger partial charge in [-0.2, -0.15) is 0 Å². The normalized spacial score (nSPS) is 11.6. The van der Waals surface area contributed by atoms with Gasteiger partial charge in [-0.3, -0.25) is 4.79 Å². The fourth-order valence-corrected chi connectivity index (χ4v) is 5.92. The number of hydrogen-bond donors (Lipinski definition) is 2. The summed E-state index contributed by atoms with van der Waals surface area (Å²) in [5.41, 5.74) is 0. The Labute approximate surface area is 269 Å². The summed E-state index contributed by atoms with van der Waals surface area (Å²) in [4.78, 5) is 20.9. The molecule has 4 heteroatoms. The molecule has 43 heavy (non-hydrogen) atoms. The molecule has 0 aromatic carbocycles. The van der Waals surface area contributed by atoms with E-state index >= 15 is 0 Å². The van der Waals surface area contributed by atoms with Crippen molar-refractivity contribution >= 4 is 11.9 Å². The van der Waals surface area contributed by atoms with E-state index in [0.29, 0.717) is 0 Å². The minimum absolute atomic E-state index is 0.0982. The van der Waals surface area contributed by atoms with Crippen molar-refractivity contribution < 1.29 is 19.8 Å². The summed E-state index contributed by atoms with van der Waals surface area (Å²) in [6.07, 6.45) is 43.7. The van der Waals surface area contributed by atoms with Crippen LogP contribution in [0.1, 0.15) is 219 Å². The van der Waals surface area contributed by atoms with Gasteiger partial charge in [0.1, 0.15) is 0 Å². The molecule has 0 rings (SSSR count). The van der Waals surface area contributed by atoms with Crippen LogP contribution in [0.2, 0.25) is 0 Å². The minimum atomic E-state index is -0.981. The summed E-state index contributed by atoms with van der Waals surface area (Å²) in [6.45, 7) is 7.53. The van der Waals surface area contributed by atoms with Crippen LogP contribution in [0, 0.1) is 5.92 Å². The molecule has 0 bridgehead atoms. The van der Waals surface area contributed by atoms with E-state index in [2.05, 4.69) is 20.4 Å². The van der Waals surface area contributed by atoms with Crippen LogP contribution in [0.25, 0.3) is 0 Å². The Balaban J connectivity index is 0. The average Bonchev–Trinajstić information content (AvgIpc) is 3.00. The van der Waals surface area contributed by atoms with E-state index in [1.807, 2.05) is 0 Å². The summed E-state index contributed by atoms with van der Waals surface area (Å²) >= 11 is 0. The van der Waals surface area contributed by atoms with Crippen molar-refractivity contribution in [2.75, 3.05) is 0 Å². The van der Waals surface area contributed by atoms with E-state index in [0.717, 1.165) is 31.8 Å². The molecule has 0 aliphatic heterocycles. The molecular formula is C39H76O4. The third-order valence-corrected chi connectivity index (χ3v) is 8.84. The quantitative estimate of drug-likeness (QED) is 0.0563. The fourth-order valence-electron chi connectivity index (χ4n) is 5.92. The van der Waals surface area contributed by atoms with E-state index in [1.165, 1.54) is 180 Å². The smallest absolute Gasteiger partial charge is 0.327 e. The first kappa shape index (κ1) is 43.8. The lowest BCUT2D eigenvalue weighted by atomic mass is 9.94. The van der Waals surface area contributed by atoms with Crippen LogP contribution in [0.3, 0.4) is 0 Å². The van der Waals surface area contributed by atoms with Crippen molar-refractivity contribution in [2.24, 2.45) is 5.92 Å². The Hall–Kier alpha value is -1.32. The van der Waals surface area contributed by atoms with Crippen molar-refractivity contribution in [3.05, 3.63) is 12.7 Å². The number of unbranched alkanes of at least 4 members (excludes halogenated alkanes) is 28. The Morgan fingerprint density at radius 2 is 0.628 bits per heavy atom. The first-order valence-corrected chi connectivity index (χ1v) is 19.1. The lowest BCUT2D eigenvalue weighted by molar-refractivity contribution is -0.142. The molecule has 0 saturated carbocycles. The maximum absolute atomic E-state index is 11.7. The van der Waals surface area contributed by atoms with E-state index in [-0.39, 0.29) is 5.92 Å². The van der Waals surface area contributed by atoms with Gasteiger partial charge < -0.3 is 10.2 Å². The summed E-state index contributed by atoms with van der Waals surface area (Å²) in [6, 6.07) is 0. The highest BCUT2D eigenvalue weighted by atomic mass is 16.4. The maximum Gasteiger partial charge on any atom is 0.327 e. The number of carboxylic acids is 2. The second kappa shape index (κ2) is 38.7. The van der Waals surface area contributed by atoms with Crippen LogP contribution >= 0.6 is 0 Å². The topological polar surface area (TPSA) is 74.6 Å². The van der Waals surface area contributed by atoms with Gasteiger partial charge in [0.15, 0.2) is 0 Å². The van der Waals surface area contributed by atoms with Crippen molar-refractivity contribution in [3.8, 4) is 0 Å². The van der Waals surface area contributed by atoms with E-state index in [9.17, 15) is 14.7 Å². The van der Waals surface area contributed by atoms with Crippen LogP contribution in [0.5, 0.6) is 0 Å². The number of aliphatic carboxylic acids is 2. The van der Waals surface area contributed by atoms with E-state index < -0.39 is 11.9 Å². The van der Waals surface area contributed by atoms with Crippen LogP contribution in [-0.4, -0.2) is 22.2 Å². The van der Waals surface area contributed by atoms with Gasteiger partial charge in [0.05, 0.1) is 5.92 Å². The molecule has 0 amide bonds. The highest BCUT2D eigenvalue weighted by Crippen LogP contribution is 2.20. The molecular weight excluding hydrogens is 532 g/mol. The lowest BCUT2D eigenvalue weighted by Crippen LogP contribution is -2.13. The molecule has 0 aliphatic rings. The molecule has 1 atom stereocenters. The van der Waals surface area contributed by atoms with Gasteiger partial charge in [-0.25, -0.2) is 4.79 Å². The lowest BCUT2D eigenvalue weighted by Gasteiger charge is -2.12. The molecule has 0 aromatic rings. The van der Waals surface area contributed by atoms with E-state index in [4.69, 9.17) is 5.11 Å². The Morgan fingerprint density at radius 3 is 0.791 bits per heavy atom. The van der Waals surface area contributed by atoms with Crippen LogP contribution in [0.4, 0.5) is 0 Å². The van der Waals surface area contributed by atoms with Gasteiger partial charge in [-0.05, 0) is 12.8 Å². The number of carboxylic acid groups (broad SMARTS) is 2. The average molecular weight is 609 g/mol. The molecule has 2 N–H and O–H groups in total. The number of carbonyl (C=O) groups is 2. The predicted molar refractivity (Wildman–Crippen MR) is 188 cm³/mol. The van der Waals surface area contributed by atoms with Gasteiger partial charge in [-0.1, -0.05) is 213 Å². The maximum atomic E-state index is 11.7. The molecule has 1 unspecified atom stereocenters. The third-order valence-electron chi connectivity index (χ3n) is 8.84. The van der Waals surface area contributed by atoms with Gasteiger partial charge in [0.2, 0.25) is 0 Å². The summed E-state index contributed by atoms with van der Waals surface area (Å²) in [5, 5.41) is 17.2. The first-order valence-electron chi connectivity index (χ1n) is 19.1. The molecule has 0 spiro atoms. The fraction of sp³-hybridized carbons (Fsp3) is 0.897. The minimum Gasteiger partial charge on any atom is -0.481 e. The van der Waals surface area contributed by atoms with Crippen molar-refractivity contribution in [1.82, 2.24) is 0 Å². The molecule has 256 valence electrons. The SMILES string of the molecule is C=CC(=O)O.CCCCCCCCCCCCCCCCCCC(CCCCCCCCCCCCCCCC)C(=O)O. The zero-order valence-electron chi connectivity index (χ0n) is 29.2. The number of rotatable bonds is 34. The number of hydrogen-bond acceptors (Lipinski definition) is 2. The summed E-state index contributed by atoms with van der Waals surface area (Å²) in [7, 11) is 0. The largest absolute Gasteiger partial charge is 0.481 e. The van der Waals surface area contributed by atoms with Crippen molar-refractivity contribution in [2.45, 2.75) is 219 Å². The third kappa shape index (κ3) is 40.7. The zero-order valence-corrected chi connectivity index (χ0v) is 29.2. The predicted octanol–water partition coefficient (Wildman–Crippen LogP) is 13.5. The molecule has 0 aromatic heterocycles. The zero-order chi connectivity index (χ0) is 32.1. The van der Waals surface area contributed by atoms with Crippen LogP contribution in [-0.2, 0) is 9.59 Å². The molecule has 0 fully saturated rings. The van der Waals surface area contributed by atoms with Crippen molar-refractivity contribution in [3.63, 3.8) is 0 Å². The molecule has 0 aliphatic carbocycles. The molecule has 4 nitrogen and oxygen atoms in total.